The smallest absolute Gasteiger partial charge is 0.336 e. The number of carbonyl (C=O) groups excluding carboxylic acids is 1. The number of hydrogen-bond donors (Lipinski definition) is 2. The molecule has 0 aliphatic carbocycles. The van der Waals surface area contributed by atoms with Gasteiger partial charge in [-0.2, -0.15) is 13.2 Å². The second-order valence-corrected chi connectivity index (χ2v) is 6.62. The van der Waals surface area contributed by atoms with E-state index in [1.54, 1.807) is 0 Å². The summed E-state index contributed by atoms with van der Waals surface area (Å²) in [6.45, 7) is 2.29. The largest absolute Gasteiger partial charge is 0.434 e. The van der Waals surface area contributed by atoms with Crippen LogP contribution in [0.25, 0.3) is 0 Å². The summed E-state index contributed by atoms with van der Waals surface area (Å²) in [4.78, 5) is 17.2. The monoisotopic (exact) mass is 372 g/mol. The third-order valence-corrected chi connectivity index (χ3v) is 4.31. The quantitative estimate of drug-likeness (QED) is 0.837. The van der Waals surface area contributed by atoms with Crippen molar-refractivity contribution in [2.24, 2.45) is 0 Å². The van der Waals surface area contributed by atoms with Crippen molar-refractivity contribution in [2.45, 2.75) is 19.1 Å². The molecule has 0 spiro atoms. The normalized spacial score (nSPS) is 12.9. The summed E-state index contributed by atoms with van der Waals surface area (Å²) in [6.07, 6.45) is -4.52. The number of nitrogens with zero attached hydrogens (tertiary/aromatic N) is 2. The lowest BCUT2D eigenvalue weighted by Gasteiger charge is -2.25. The number of aryl methyl sites for hydroxylation is 1. The van der Waals surface area contributed by atoms with Crippen molar-refractivity contribution in [1.82, 2.24) is 15.2 Å². The molecule has 0 aliphatic rings. The average Bonchev–Trinajstić information content (AvgIpc) is 2.97. The molecule has 0 unspecified atom stereocenters. The zero-order chi connectivity index (χ0) is 18.6. The Balaban J connectivity index is 1.95. The van der Waals surface area contributed by atoms with Crippen LogP contribution in [-0.4, -0.2) is 36.6 Å². The van der Waals surface area contributed by atoms with E-state index in [9.17, 15) is 18.0 Å². The van der Waals surface area contributed by atoms with Crippen molar-refractivity contribution in [3.05, 3.63) is 46.5 Å². The predicted molar refractivity (Wildman–Crippen MR) is 91.7 cm³/mol. The number of nitrogens with one attached hydrogen (secondary N) is 2. The Hall–Kier alpha value is -2.13. The minimum atomic E-state index is -4.52. The molecule has 2 N–H and O–H groups in total. The summed E-state index contributed by atoms with van der Waals surface area (Å²) in [5.41, 5.74) is 1.15. The van der Waals surface area contributed by atoms with Gasteiger partial charge in [0.1, 0.15) is 0 Å². The summed E-state index contributed by atoms with van der Waals surface area (Å²) >= 11 is 0.730. The van der Waals surface area contributed by atoms with Crippen LogP contribution >= 0.6 is 11.3 Å². The Morgan fingerprint density at radius 2 is 1.92 bits per heavy atom. The van der Waals surface area contributed by atoms with E-state index in [0.717, 1.165) is 27.8 Å². The minimum absolute atomic E-state index is 0.0617. The van der Waals surface area contributed by atoms with E-state index in [1.807, 2.05) is 50.2 Å². The first-order chi connectivity index (χ1) is 11.7. The molecule has 1 heterocycles. The summed E-state index contributed by atoms with van der Waals surface area (Å²) in [7, 11) is 3.78. The zero-order valence-corrected chi connectivity index (χ0v) is 14.8. The fourth-order valence-corrected chi connectivity index (χ4v) is 2.89. The van der Waals surface area contributed by atoms with E-state index < -0.39 is 17.9 Å². The molecule has 1 atom stereocenters. The highest BCUT2D eigenvalue weighted by atomic mass is 32.1. The highest BCUT2D eigenvalue weighted by Crippen LogP contribution is 2.31. The van der Waals surface area contributed by atoms with E-state index in [2.05, 4.69) is 15.6 Å². The molecule has 0 radical (unpaired) electrons. The first kappa shape index (κ1) is 19.2. The van der Waals surface area contributed by atoms with Gasteiger partial charge in [0.05, 0.1) is 6.04 Å². The molecule has 5 nitrogen and oxygen atoms in total. The van der Waals surface area contributed by atoms with Crippen LogP contribution in [0.5, 0.6) is 0 Å². The average molecular weight is 372 g/mol. The van der Waals surface area contributed by atoms with Gasteiger partial charge in [-0.1, -0.05) is 29.8 Å². The van der Waals surface area contributed by atoms with Crippen LogP contribution in [0.3, 0.4) is 0 Å². The third kappa shape index (κ3) is 5.43. The van der Waals surface area contributed by atoms with Gasteiger partial charge in [-0.05, 0) is 26.6 Å². The van der Waals surface area contributed by atoms with E-state index in [1.165, 1.54) is 0 Å². The van der Waals surface area contributed by atoms with Crippen molar-refractivity contribution >= 4 is 22.5 Å². The summed E-state index contributed by atoms with van der Waals surface area (Å²) in [5.74, 6) is 0. The van der Waals surface area contributed by atoms with E-state index in [0.29, 0.717) is 6.54 Å². The highest BCUT2D eigenvalue weighted by Gasteiger charge is 2.33. The number of thiazole rings is 1. The Morgan fingerprint density at radius 1 is 1.28 bits per heavy atom. The van der Waals surface area contributed by atoms with Gasteiger partial charge in [0.2, 0.25) is 0 Å². The number of benzene rings is 1. The molecule has 2 amide bonds. The second kappa shape index (κ2) is 7.83. The number of alkyl halides is 3. The van der Waals surface area contributed by atoms with E-state index in [4.69, 9.17) is 0 Å². The lowest BCUT2D eigenvalue weighted by molar-refractivity contribution is -0.140. The fraction of sp³-hybridized carbons (Fsp3) is 0.375. The van der Waals surface area contributed by atoms with Gasteiger partial charge in [0.15, 0.2) is 10.8 Å². The van der Waals surface area contributed by atoms with Crippen molar-refractivity contribution in [1.29, 1.82) is 0 Å². The third-order valence-electron chi connectivity index (χ3n) is 3.56. The zero-order valence-electron chi connectivity index (χ0n) is 14.0. The minimum Gasteiger partial charge on any atom is -0.336 e. The standard InChI is InChI=1S/C16H19F3N4OS/c1-10-4-6-11(7-5-10)12(23(2)3)8-20-14(24)22-15-21-13(9-25-15)16(17,18)19/h4-7,9,12H,8H2,1-3H3,(H2,20,21,22,24)/t12-/m1/s1. The fourth-order valence-electron chi connectivity index (χ4n) is 2.18. The molecule has 1 aromatic carbocycles. The lowest BCUT2D eigenvalue weighted by atomic mass is 10.0. The van der Waals surface area contributed by atoms with Gasteiger partial charge in [-0.3, -0.25) is 5.32 Å². The maximum atomic E-state index is 12.5. The molecular weight excluding hydrogens is 353 g/mol. The number of rotatable bonds is 5. The number of halogens is 3. The molecule has 0 saturated carbocycles. The molecule has 9 heteroatoms. The molecule has 0 fully saturated rings. The van der Waals surface area contributed by atoms with E-state index in [-0.39, 0.29) is 11.2 Å². The molecule has 2 aromatic rings. The summed E-state index contributed by atoms with van der Waals surface area (Å²) < 4.78 is 37.5. The Labute approximate surface area is 147 Å². The molecule has 136 valence electrons. The number of carbonyl (C=O) groups is 1. The number of urea groups is 1. The molecule has 0 aliphatic heterocycles. The Bertz CT molecular complexity index is 713. The number of hydrogen-bond acceptors (Lipinski definition) is 4. The molecular formula is C16H19F3N4OS. The molecule has 0 saturated heterocycles. The molecule has 25 heavy (non-hydrogen) atoms. The van der Waals surface area contributed by atoms with Crippen molar-refractivity contribution in [3.8, 4) is 0 Å². The SMILES string of the molecule is Cc1ccc([C@@H](CNC(=O)Nc2nc(C(F)(F)F)cs2)N(C)C)cc1. The topological polar surface area (TPSA) is 57.3 Å². The van der Waals surface area contributed by atoms with Crippen molar-refractivity contribution < 1.29 is 18.0 Å². The van der Waals surface area contributed by atoms with Crippen LogP contribution < -0.4 is 10.6 Å². The van der Waals surface area contributed by atoms with Gasteiger partial charge in [-0.25, -0.2) is 9.78 Å². The van der Waals surface area contributed by atoms with Gasteiger partial charge in [0.25, 0.3) is 0 Å². The first-order valence-electron chi connectivity index (χ1n) is 7.47. The van der Waals surface area contributed by atoms with Crippen LogP contribution in [0.1, 0.15) is 22.9 Å². The van der Waals surface area contributed by atoms with Gasteiger partial charge >= 0.3 is 12.2 Å². The maximum Gasteiger partial charge on any atom is 0.434 e. The highest BCUT2D eigenvalue weighted by molar-refractivity contribution is 7.13. The maximum absolute atomic E-state index is 12.5. The van der Waals surface area contributed by atoms with Crippen LogP contribution in [-0.2, 0) is 6.18 Å². The summed E-state index contributed by atoms with van der Waals surface area (Å²) in [5, 5.41) is 5.77. The lowest BCUT2D eigenvalue weighted by Crippen LogP contribution is -2.36. The molecule has 0 bridgehead atoms. The predicted octanol–water partition coefficient (Wildman–Crippen LogP) is 3.89. The van der Waals surface area contributed by atoms with Gasteiger partial charge in [-0.15, -0.1) is 11.3 Å². The number of amides is 2. The van der Waals surface area contributed by atoms with Crippen molar-refractivity contribution in [3.63, 3.8) is 0 Å². The van der Waals surface area contributed by atoms with Crippen LogP contribution in [0, 0.1) is 6.92 Å². The van der Waals surface area contributed by atoms with Crippen LogP contribution in [0.4, 0.5) is 23.1 Å². The molecule has 2 rings (SSSR count). The first-order valence-corrected chi connectivity index (χ1v) is 8.35. The Morgan fingerprint density at radius 3 is 2.44 bits per heavy atom. The second-order valence-electron chi connectivity index (χ2n) is 5.76. The number of aromatic nitrogens is 1. The van der Waals surface area contributed by atoms with Crippen LogP contribution in [0.15, 0.2) is 29.6 Å². The Kier molecular flexibility index (Phi) is 6.02. The number of anilines is 1. The van der Waals surface area contributed by atoms with Gasteiger partial charge < -0.3 is 10.2 Å². The van der Waals surface area contributed by atoms with Crippen molar-refractivity contribution in [2.75, 3.05) is 26.0 Å². The molecule has 1 aromatic heterocycles. The van der Waals surface area contributed by atoms with Gasteiger partial charge in [0, 0.05) is 11.9 Å². The summed E-state index contributed by atoms with van der Waals surface area (Å²) in [6, 6.07) is 7.28. The van der Waals surface area contributed by atoms with E-state index >= 15 is 0 Å². The number of likely N-dealkylation sites (N-methyl/N-ethyl adjacent to an activating group) is 1. The van der Waals surface area contributed by atoms with Crippen LogP contribution in [0.2, 0.25) is 0 Å².